The minimum absolute atomic E-state index is 0.0462. The Kier molecular flexibility index (Phi) is 4.07. The molecule has 0 saturated carbocycles. The largest absolute Gasteiger partial charge is 0.364 e. The molecule has 0 heterocycles. The molecule has 14 heavy (non-hydrogen) atoms. The normalized spacial score (nSPS) is 13.2. The van der Waals surface area contributed by atoms with E-state index < -0.39 is 6.29 Å². The van der Waals surface area contributed by atoms with E-state index >= 15 is 0 Å². The fourth-order valence-electron chi connectivity index (χ4n) is 1.39. The molecule has 3 heteroatoms. The summed E-state index contributed by atoms with van der Waals surface area (Å²) in [7, 11) is 0. The van der Waals surface area contributed by atoms with Crippen molar-refractivity contribution < 1.29 is 10.2 Å². The van der Waals surface area contributed by atoms with Crippen molar-refractivity contribution in [1.29, 1.82) is 0 Å². The van der Waals surface area contributed by atoms with Crippen LogP contribution in [0.1, 0.15) is 43.2 Å². The van der Waals surface area contributed by atoms with Gasteiger partial charge in [-0.1, -0.05) is 37.6 Å². The van der Waals surface area contributed by atoms with Gasteiger partial charge in [0.15, 0.2) is 6.29 Å². The van der Waals surface area contributed by atoms with Gasteiger partial charge in [0, 0.05) is 11.6 Å². The third-order valence-corrected chi connectivity index (χ3v) is 2.26. The summed E-state index contributed by atoms with van der Waals surface area (Å²) in [4.78, 5) is 0. The van der Waals surface area contributed by atoms with E-state index in [9.17, 15) is 0 Å². The molecule has 0 aliphatic rings. The van der Waals surface area contributed by atoms with Gasteiger partial charge in [0.1, 0.15) is 0 Å². The maximum atomic E-state index is 8.88. The van der Waals surface area contributed by atoms with Crippen molar-refractivity contribution >= 4 is 0 Å². The molecular formula is C11H17NO2. The summed E-state index contributed by atoms with van der Waals surface area (Å²) in [6.07, 6.45) is 0.596. The van der Waals surface area contributed by atoms with Crippen LogP contribution in [0.5, 0.6) is 0 Å². The average Bonchev–Trinajstić information content (AvgIpc) is 2.18. The molecule has 0 aromatic heterocycles. The van der Waals surface area contributed by atoms with Gasteiger partial charge in [0.05, 0.1) is 0 Å². The van der Waals surface area contributed by atoms with E-state index in [2.05, 4.69) is 6.92 Å². The zero-order valence-electron chi connectivity index (χ0n) is 8.35. The summed E-state index contributed by atoms with van der Waals surface area (Å²) < 4.78 is 0. The fraction of sp³-hybridized carbons (Fsp3) is 0.455. The van der Waals surface area contributed by atoms with Gasteiger partial charge < -0.3 is 15.9 Å². The number of rotatable bonds is 4. The maximum Gasteiger partial charge on any atom is 0.178 e. The highest BCUT2D eigenvalue weighted by atomic mass is 16.5. The van der Waals surface area contributed by atoms with Gasteiger partial charge in [-0.2, -0.15) is 0 Å². The Morgan fingerprint density at radius 1 is 1.14 bits per heavy atom. The molecule has 3 nitrogen and oxygen atoms in total. The van der Waals surface area contributed by atoms with Crippen molar-refractivity contribution in [2.75, 3.05) is 0 Å². The zero-order chi connectivity index (χ0) is 10.6. The van der Waals surface area contributed by atoms with Gasteiger partial charge in [0.25, 0.3) is 0 Å². The number of aliphatic hydroxyl groups is 2. The highest BCUT2D eigenvalue weighted by Crippen LogP contribution is 2.18. The van der Waals surface area contributed by atoms with Crippen molar-refractivity contribution in [1.82, 2.24) is 0 Å². The van der Waals surface area contributed by atoms with Crippen LogP contribution < -0.4 is 5.73 Å². The first kappa shape index (κ1) is 11.2. The van der Waals surface area contributed by atoms with Crippen LogP contribution in [0.3, 0.4) is 0 Å². The molecule has 0 bridgehead atoms. The highest BCUT2D eigenvalue weighted by molar-refractivity contribution is 5.25. The first-order valence-electron chi connectivity index (χ1n) is 4.86. The number of benzene rings is 1. The lowest BCUT2D eigenvalue weighted by Gasteiger charge is -2.11. The molecule has 0 radical (unpaired) electrons. The second-order valence-corrected chi connectivity index (χ2v) is 3.44. The molecule has 0 aliphatic carbocycles. The van der Waals surface area contributed by atoms with Crippen LogP contribution in [-0.2, 0) is 0 Å². The van der Waals surface area contributed by atoms with Crippen molar-refractivity contribution in [2.45, 2.75) is 32.1 Å². The Balaban J connectivity index is 2.72. The second-order valence-electron chi connectivity index (χ2n) is 3.44. The lowest BCUT2D eigenvalue weighted by Crippen LogP contribution is -2.09. The Morgan fingerprint density at radius 2 is 1.64 bits per heavy atom. The molecule has 1 rings (SSSR count). The third kappa shape index (κ3) is 2.80. The summed E-state index contributed by atoms with van der Waals surface area (Å²) in [5, 5.41) is 17.8. The fourth-order valence-corrected chi connectivity index (χ4v) is 1.39. The molecule has 0 aliphatic heterocycles. The lowest BCUT2D eigenvalue weighted by atomic mass is 10.0. The van der Waals surface area contributed by atoms with Crippen LogP contribution in [0.2, 0.25) is 0 Å². The van der Waals surface area contributed by atoms with Gasteiger partial charge in [-0.25, -0.2) is 0 Å². The van der Waals surface area contributed by atoms with Crippen LogP contribution in [0, 0.1) is 0 Å². The molecule has 1 aromatic rings. The van der Waals surface area contributed by atoms with Crippen molar-refractivity contribution in [3.05, 3.63) is 35.4 Å². The van der Waals surface area contributed by atoms with Crippen LogP contribution in [-0.4, -0.2) is 10.2 Å². The van der Waals surface area contributed by atoms with Crippen LogP contribution in [0.25, 0.3) is 0 Å². The summed E-state index contributed by atoms with van der Waals surface area (Å²) in [5.74, 6) is 0. The van der Waals surface area contributed by atoms with Crippen LogP contribution >= 0.6 is 0 Å². The molecule has 4 N–H and O–H groups in total. The molecule has 0 spiro atoms. The molecular weight excluding hydrogens is 178 g/mol. The summed E-state index contributed by atoms with van der Waals surface area (Å²) in [5.41, 5.74) is 7.44. The number of nitrogens with two attached hydrogens (primary N) is 1. The number of hydrogen-bond donors (Lipinski definition) is 3. The molecule has 1 aromatic carbocycles. The van der Waals surface area contributed by atoms with Gasteiger partial charge in [-0.05, 0) is 12.0 Å². The van der Waals surface area contributed by atoms with Gasteiger partial charge in [-0.15, -0.1) is 0 Å². The predicted molar refractivity (Wildman–Crippen MR) is 55.5 cm³/mol. The average molecular weight is 195 g/mol. The molecule has 78 valence electrons. The monoisotopic (exact) mass is 195 g/mol. The SMILES string of the molecule is CCCC(N)c1ccc(C(O)O)cc1. The van der Waals surface area contributed by atoms with Gasteiger partial charge >= 0.3 is 0 Å². The zero-order valence-corrected chi connectivity index (χ0v) is 8.35. The highest BCUT2D eigenvalue weighted by Gasteiger charge is 2.06. The first-order chi connectivity index (χ1) is 6.65. The van der Waals surface area contributed by atoms with E-state index in [0.717, 1.165) is 18.4 Å². The standard InChI is InChI=1S/C11H17NO2/c1-2-3-10(12)8-4-6-9(7-5-8)11(13)14/h4-7,10-11,13-14H,2-3,12H2,1H3. The topological polar surface area (TPSA) is 66.5 Å². The summed E-state index contributed by atoms with van der Waals surface area (Å²) >= 11 is 0. The Bertz CT molecular complexity index is 269. The quantitative estimate of drug-likeness (QED) is 0.637. The molecule has 0 fully saturated rings. The van der Waals surface area contributed by atoms with Crippen LogP contribution in [0.4, 0.5) is 0 Å². The van der Waals surface area contributed by atoms with E-state index in [4.69, 9.17) is 15.9 Å². The Morgan fingerprint density at radius 3 is 2.07 bits per heavy atom. The number of hydrogen-bond acceptors (Lipinski definition) is 3. The third-order valence-electron chi connectivity index (χ3n) is 2.26. The van der Waals surface area contributed by atoms with E-state index in [0.29, 0.717) is 5.56 Å². The van der Waals surface area contributed by atoms with Crippen LogP contribution in [0.15, 0.2) is 24.3 Å². The molecule has 0 amide bonds. The summed E-state index contributed by atoms with van der Waals surface area (Å²) in [6.45, 7) is 2.09. The van der Waals surface area contributed by atoms with E-state index in [1.165, 1.54) is 0 Å². The lowest BCUT2D eigenvalue weighted by molar-refractivity contribution is -0.0424. The van der Waals surface area contributed by atoms with Crippen molar-refractivity contribution in [2.24, 2.45) is 5.73 Å². The molecule has 1 atom stereocenters. The van der Waals surface area contributed by atoms with E-state index in [-0.39, 0.29) is 6.04 Å². The number of aliphatic hydroxyl groups excluding tert-OH is 1. The predicted octanol–water partition coefficient (Wildman–Crippen LogP) is 1.47. The van der Waals surface area contributed by atoms with E-state index in [1.807, 2.05) is 12.1 Å². The summed E-state index contributed by atoms with van der Waals surface area (Å²) in [6, 6.07) is 7.11. The first-order valence-corrected chi connectivity index (χ1v) is 4.86. The smallest absolute Gasteiger partial charge is 0.178 e. The minimum Gasteiger partial charge on any atom is -0.364 e. The second kappa shape index (κ2) is 5.10. The van der Waals surface area contributed by atoms with Crippen molar-refractivity contribution in [3.63, 3.8) is 0 Å². The van der Waals surface area contributed by atoms with Gasteiger partial charge in [0.2, 0.25) is 0 Å². The van der Waals surface area contributed by atoms with Gasteiger partial charge in [-0.3, -0.25) is 0 Å². The Labute approximate surface area is 84.2 Å². The Hall–Kier alpha value is -0.900. The van der Waals surface area contributed by atoms with E-state index in [1.54, 1.807) is 12.1 Å². The molecule has 0 saturated heterocycles. The minimum atomic E-state index is -1.40. The van der Waals surface area contributed by atoms with Crippen molar-refractivity contribution in [3.8, 4) is 0 Å². The molecule has 1 unspecified atom stereocenters. The maximum absolute atomic E-state index is 8.88.